The molecule has 0 aromatic heterocycles. The highest BCUT2D eigenvalue weighted by atomic mass is 28.4. The van der Waals surface area contributed by atoms with Gasteiger partial charge in [0.05, 0.1) is 17.8 Å². The molecule has 0 radical (unpaired) electrons. The van der Waals surface area contributed by atoms with Gasteiger partial charge < -0.3 is 9.16 Å². The van der Waals surface area contributed by atoms with Gasteiger partial charge in [0.15, 0.2) is 8.32 Å². The molecule has 0 saturated heterocycles. The number of ether oxygens (including phenoxy) is 1. The summed E-state index contributed by atoms with van der Waals surface area (Å²) in [6, 6.07) is 7.63. The summed E-state index contributed by atoms with van der Waals surface area (Å²) < 4.78 is 12.4. The summed E-state index contributed by atoms with van der Waals surface area (Å²) in [5, 5.41) is 0.0764. The average Bonchev–Trinajstić information content (AvgIpc) is 2.78. The minimum Gasteiger partial charge on any atom is -0.443 e. The SMILES string of the molecule is C=C[C@H]1[C@H](O[Si](C)(C)C(C)(C)C)c2ccccc2N1C(=O)OC(C)(C)C. The van der Waals surface area contributed by atoms with Gasteiger partial charge in [-0.2, -0.15) is 0 Å². The van der Waals surface area contributed by atoms with Crippen LogP contribution in [0.5, 0.6) is 0 Å². The number of hydrogen-bond acceptors (Lipinski definition) is 3. The zero-order chi connectivity index (χ0) is 19.9. The number of anilines is 1. The van der Waals surface area contributed by atoms with E-state index in [2.05, 4.69) is 40.4 Å². The Balaban J connectivity index is 2.45. The first-order valence-corrected chi connectivity index (χ1v) is 12.1. The molecule has 0 N–H and O–H groups in total. The fourth-order valence-corrected chi connectivity index (χ4v) is 4.07. The Morgan fingerprint density at radius 2 is 1.73 bits per heavy atom. The van der Waals surface area contributed by atoms with Crippen LogP contribution in [0, 0.1) is 0 Å². The topological polar surface area (TPSA) is 38.8 Å². The number of benzene rings is 1. The van der Waals surface area contributed by atoms with Gasteiger partial charge in [0, 0.05) is 5.56 Å². The Bertz CT molecular complexity index is 685. The van der Waals surface area contributed by atoms with E-state index < -0.39 is 13.9 Å². The van der Waals surface area contributed by atoms with Crippen molar-refractivity contribution in [3.8, 4) is 0 Å². The molecule has 1 aliphatic rings. The number of amides is 1. The number of carbonyl (C=O) groups is 1. The molecule has 1 aromatic rings. The second-order valence-corrected chi connectivity index (χ2v) is 14.2. The van der Waals surface area contributed by atoms with Crippen molar-refractivity contribution < 1.29 is 14.0 Å². The molecular formula is C21H33NO3Si. The van der Waals surface area contributed by atoms with Gasteiger partial charge in [0.1, 0.15) is 5.60 Å². The minimum atomic E-state index is -2.03. The van der Waals surface area contributed by atoms with Crippen LogP contribution in [0.4, 0.5) is 10.5 Å². The highest BCUT2D eigenvalue weighted by Crippen LogP contribution is 2.47. The molecular weight excluding hydrogens is 342 g/mol. The maximum atomic E-state index is 12.9. The third-order valence-electron chi connectivity index (χ3n) is 5.17. The number of hydrogen-bond donors (Lipinski definition) is 0. The molecule has 0 bridgehead atoms. The summed E-state index contributed by atoms with van der Waals surface area (Å²) >= 11 is 0. The van der Waals surface area contributed by atoms with Crippen LogP contribution in [0.15, 0.2) is 36.9 Å². The van der Waals surface area contributed by atoms with Crippen LogP contribution in [0.1, 0.15) is 53.2 Å². The zero-order valence-corrected chi connectivity index (χ0v) is 18.4. The molecule has 1 aliphatic heterocycles. The standard InChI is InChI=1S/C21H33NO3Si/c1-10-16-18(25-26(8,9)21(5,6)7)15-13-11-12-14-17(15)22(16)19(23)24-20(2,3)4/h10-14,16,18H,1H2,2-9H3/t16-,18+/m0/s1. The fraction of sp³-hybridized carbons (Fsp3) is 0.571. The number of nitrogens with zero attached hydrogens (tertiary/aromatic N) is 1. The Hall–Kier alpha value is -1.59. The number of carbonyl (C=O) groups excluding carboxylic acids is 1. The van der Waals surface area contributed by atoms with Crippen molar-refractivity contribution in [1.29, 1.82) is 0 Å². The van der Waals surface area contributed by atoms with E-state index in [1.54, 1.807) is 11.0 Å². The summed E-state index contributed by atoms with van der Waals surface area (Å²) in [5.74, 6) is 0. The Labute approximate surface area is 159 Å². The monoisotopic (exact) mass is 375 g/mol. The molecule has 2 atom stereocenters. The summed E-state index contributed by atoms with van der Waals surface area (Å²) in [7, 11) is -2.03. The lowest BCUT2D eigenvalue weighted by molar-refractivity contribution is 0.0553. The van der Waals surface area contributed by atoms with Crippen LogP contribution < -0.4 is 4.90 Å². The van der Waals surface area contributed by atoms with Crippen molar-refractivity contribution in [2.45, 2.75) is 77.4 Å². The second-order valence-electron chi connectivity index (χ2n) is 9.43. The zero-order valence-electron chi connectivity index (χ0n) is 17.4. The van der Waals surface area contributed by atoms with Crippen molar-refractivity contribution in [2.24, 2.45) is 0 Å². The predicted molar refractivity (Wildman–Crippen MR) is 110 cm³/mol. The van der Waals surface area contributed by atoms with Gasteiger partial charge in [-0.1, -0.05) is 45.0 Å². The van der Waals surface area contributed by atoms with Gasteiger partial charge in [0.25, 0.3) is 0 Å². The van der Waals surface area contributed by atoms with Gasteiger partial charge in [-0.3, -0.25) is 4.90 Å². The average molecular weight is 376 g/mol. The van der Waals surface area contributed by atoms with E-state index in [0.29, 0.717) is 0 Å². The molecule has 1 heterocycles. The van der Waals surface area contributed by atoms with E-state index in [4.69, 9.17) is 9.16 Å². The molecule has 1 amide bonds. The van der Waals surface area contributed by atoms with Crippen molar-refractivity contribution in [2.75, 3.05) is 4.90 Å². The Morgan fingerprint density at radius 1 is 1.15 bits per heavy atom. The molecule has 4 nitrogen and oxygen atoms in total. The minimum absolute atomic E-state index is 0.0764. The molecule has 0 aliphatic carbocycles. The van der Waals surface area contributed by atoms with Crippen LogP contribution in [0.2, 0.25) is 18.1 Å². The van der Waals surface area contributed by atoms with Gasteiger partial charge >= 0.3 is 6.09 Å². The fourth-order valence-electron chi connectivity index (χ4n) is 2.82. The van der Waals surface area contributed by atoms with Gasteiger partial charge in [-0.15, -0.1) is 6.58 Å². The van der Waals surface area contributed by atoms with Crippen LogP contribution in [-0.2, 0) is 9.16 Å². The third-order valence-corrected chi connectivity index (χ3v) is 9.63. The lowest BCUT2D eigenvalue weighted by Crippen LogP contribution is -2.46. The largest absolute Gasteiger partial charge is 0.443 e. The van der Waals surface area contributed by atoms with Crippen molar-refractivity contribution in [3.05, 3.63) is 42.5 Å². The third kappa shape index (κ3) is 4.04. The Kier molecular flexibility index (Phi) is 5.46. The number of para-hydroxylation sites is 1. The maximum absolute atomic E-state index is 12.9. The molecule has 0 saturated carbocycles. The number of fused-ring (bicyclic) bond motifs is 1. The van der Waals surface area contributed by atoms with Gasteiger partial charge in [0.2, 0.25) is 0 Å². The summed E-state index contributed by atoms with van der Waals surface area (Å²) in [6.07, 6.45) is 1.20. The first-order valence-electron chi connectivity index (χ1n) is 9.20. The van der Waals surface area contributed by atoms with E-state index in [9.17, 15) is 4.79 Å². The molecule has 0 fully saturated rings. The van der Waals surface area contributed by atoms with Crippen LogP contribution in [0.3, 0.4) is 0 Å². The molecule has 0 unspecified atom stereocenters. The van der Waals surface area contributed by atoms with Crippen molar-refractivity contribution in [3.63, 3.8) is 0 Å². The van der Waals surface area contributed by atoms with Crippen LogP contribution >= 0.6 is 0 Å². The lowest BCUT2D eigenvalue weighted by atomic mass is 10.1. The predicted octanol–water partition coefficient (Wildman–Crippen LogP) is 6.06. The molecule has 144 valence electrons. The van der Waals surface area contributed by atoms with Gasteiger partial charge in [-0.05, 0) is 45.0 Å². The highest BCUT2D eigenvalue weighted by molar-refractivity contribution is 6.74. The number of rotatable bonds is 3. The van der Waals surface area contributed by atoms with Crippen LogP contribution in [-0.4, -0.2) is 26.1 Å². The van der Waals surface area contributed by atoms with E-state index >= 15 is 0 Å². The van der Waals surface area contributed by atoms with E-state index in [0.717, 1.165) is 11.3 Å². The molecule has 1 aromatic carbocycles. The first-order chi connectivity index (χ1) is 11.8. The van der Waals surface area contributed by atoms with Crippen molar-refractivity contribution in [1.82, 2.24) is 0 Å². The van der Waals surface area contributed by atoms with Gasteiger partial charge in [-0.25, -0.2) is 4.79 Å². The Morgan fingerprint density at radius 3 is 2.23 bits per heavy atom. The first kappa shape index (κ1) is 20.7. The highest BCUT2D eigenvalue weighted by Gasteiger charge is 2.47. The normalized spacial score (nSPS) is 20.7. The van der Waals surface area contributed by atoms with E-state index in [1.165, 1.54) is 0 Å². The molecule has 0 spiro atoms. The molecule has 26 heavy (non-hydrogen) atoms. The smallest absolute Gasteiger partial charge is 0.415 e. The van der Waals surface area contributed by atoms with E-state index in [1.807, 2.05) is 45.0 Å². The van der Waals surface area contributed by atoms with Crippen LogP contribution in [0.25, 0.3) is 0 Å². The summed E-state index contributed by atoms with van der Waals surface area (Å²) in [6.45, 7) is 20.7. The lowest BCUT2D eigenvalue weighted by Gasteiger charge is -2.40. The molecule has 2 rings (SSSR count). The maximum Gasteiger partial charge on any atom is 0.415 e. The van der Waals surface area contributed by atoms with E-state index in [-0.39, 0.29) is 23.3 Å². The molecule has 5 heteroatoms. The van der Waals surface area contributed by atoms with Crippen molar-refractivity contribution >= 4 is 20.1 Å². The summed E-state index contributed by atoms with van der Waals surface area (Å²) in [5.41, 5.74) is 1.30. The quantitative estimate of drug-likeness (QED) is 0.476. The summed E-state index contributed by atoms with van der Waals surface area (Å²) in [4.78, 5) is 14.6. The second kappa shape index (κ2) is 6.85.